The highest BCUT2D eigenvalue weighted by Gasteiger charge is 2.35. The van der Waals surface area contributed by atoms with Crippen LogP contribution in [-0.2, 0) is 26.5 Å². The molecular formula is C21H19F3N2O4S. The molecule has 10 heteroatoms. The summed E-state index contributed by atoms with van der Waals surface area (Å²) in [6, 6.07) is 10.4. The molecule has 0 bridgehead atoms. The Balaban J connectivity index is 1.76. The number of anilines is 1. The quantitative estimate of drug-likeness (QED) is 0.523. The molecule has 1 atom stereocenters. The first-order valence-corrected chi connectivity index (χ1v) is 11.1. The fraction of sp³-hybridized carbons (Fsp3) is 0.238. The van der Waals surface area contributed by atoms with Crippen molar-refractivity contribution in [3.63, 3.8) is 0 Å². The molecule has 1 unspecified atom stereocenters. The fourth-order valence-electron chi connectivity index (χ4n) is 3.10. The number of carbonyl (C=O) groups is 1. The van der Waals surface area contributed by atoms with E-state index in [2.05, 4.69) is 9.71 Å². The van der Waals surface area contributed by atoms with E-state index in [1.807, 2.05) is 6.92 Å². The van der Waals surface area contributed by atoms with Gasteiger partial charge in [-0.15, -0.1) is 0 Å². The van der Waals surface area contributed by atoms with E-state index in [1.54, 1.807) is 6.08 Å². The molecule has 0 saturated heterocycles. The molecule has 0 aromatic heterocycles. The van der Waals surface area contributed by atoms with E-state index in [9.17, 15) is 26.4 Å². The van der Waals surface area contributed by atoms with Gasteiger partial charge < -0.3 is 4.74 Å². The van der Waals surface area contributed by atoms with Gasteiger partial charge >= 0.3 is 12.1 Å². The van der Waals surface area contributed by atoms with Gasteiger partial charge in [-0.2, -0.15) is 13.2 Å². The van der Waals surface area contributed by atoms with Crippen molar-refractivity contribution in [2.24, 2.45) is 4.99 Å². The number of benzene rings is 2. The Hall–Kier alpha value is -3.14. The van der Waals surface area contributed by atoms with Crippen LogP contribution in [0.15, 0.2) is 65.2 Å². The minimum Gasteiger partial charge on any atom is -0.423 e. The zero-order valence-electron chi connectivity index (χ0n) is 16.6. The first-order valence-electron chi connectivity index (χ1n) is 9.18. The van der Waals surface area contributed by atoms with E-state index in [4.69, 9.17) is 4.74 Å². The lowest BCUT2D eigenvalue weighted by molar-refractivity contribution is -0.137. The van der Waals surface area contributed by atoms with Crippen LogP contribution in [0.2, 0.25) is 0 Å². The van der Waals surface area contributed by atoms with Gasteiger partial charge in [-0.3, -0.25) is 9.71 Å². The molecule has 0 saturated carbocycles. The first kappa shape index (κ1) is 22.5. The first-order chi connectivity index (χ1) is 14.4. The van der Waals surface area contributed by atoms with Gasteiger partial charge in [-0.05, 0) is 54.5 Å². The summed E-state index contributed by atoms with van der Waals surface area (Å²) < 4.78 is 68.5. The molecule has 1 aliphatic heterocycles. The maximum Gasteiger partial charge on any atom is 0.416 e. The van der Waals surface area contributed by atoms with Gasteiger partial charge in [0, 0.05) is 11.9 Å². The molecule has 1 heterocycles. The molecule has 0 spiro atoms. The van der Waals surface area contributed by atoms with E-state index in [0.29, 0.717) is 17.7 Å². The molecule has 6 nitrogen and oxygen atoms in total. The molecule has 2 aromatic carbocycles. The van der Waals surface area contributed by atoms with Crippen LogP contribution in [0.5, 0.6) is 5.75 Å². The summed E-state index contributed by atoms with van der Waals surface area (Å²) in [6.07, 6.45) is -0.0877. The predicted molar refractivity (Wildman–Crippen MR) is 111 cm³/mol. The molecule has 1 aliphatic rings. The lowest BCUT2D eigenvalue weighted by atomic mass is 9.87. The van der Waals surface area contributed by atoms with Crippen LogP contribution in [0, 0.1) is 0 Å². The number of alkyl halides is 3. The van der Waals surface area contributed by atoms with Crippen LogP contribution in [0.3, 0.4) is 0 Å². The average molecular weight is 452 g/mol. The Morgan fingerprint density at radius 3 is 2.23 bits per heavy atom. The molecule has 164 valence electrons. The van der Waals surface area contributed by atoms with Crippen molar-refractivity contribution in [3.8, 4) is 5.75 Å². The summed E-state index contributed by atoms with van der Waals surface area (Å²) in [5.41, 5.74) is -0.710. The topological polar surface area (TPSA) is 84.8 Å². The predicted octanol–water partition coefficient (Wildman–Crippen LogP) is 4.30. The SMILES string of the molecule is CCC1(c2ccc(C(F)(F)F)cc2)C=C(C(=O)Oc2ccc(NS(C)(=O)=O)cc2)C=N1. The Bertz CT molecular complexity index is 1140. The van der Waals surface area contributed by atoms with E-state index in [-0.39, 0.29) is 11.3 Å². The minimum atomic E-state index is -4.44. The van der Waals surface area contributed by atoms with E-state index in [1.165, 1.54) is 42.6 Å². The van der Waals surface area contributed by atoms with Crippen molar-refractivity contribution < 1.29 is 31.1 Å². The molecule has 0 aliphatic carbocycles. The van der Waals surface area contributed by atoms with Crippen molar-refractivity contribution in [3.05, 3.63) is 71.3 Å². The second-order valence-corrected chi connectivity index (χ2v) is 8.75. The van der Waals surface area contributed by atoms with E-state index >= 15 is 0 Å². The number of sulfonamides is 1. The third kappa shape index (κ3) is 5.32. The number of carbonyl (C=O) groups excluding carboxylic acids is 1. The second-order valence-electron chi connectivity index (χ2n) is 7.00. The van der Waals surface area contributed by atoms with Crippen molar-refractivity contribution in [1.29, 1.82) is 0 Å². The highest BCUT2D eigenvalue weighted by Crippen LogP contribution is 2.37. The Morgan fingerprint density at radius 2 is 1.71 bits per heavy atom. The molecule has 2 aromatic rings. The van der Waals surface area contributed by atoms with Crippen LogP contribution < -0.4 is 9.46 Å². The van der Waals surface area contributed by atoms with E-state index < -0.39 is 33.3 Å². The lowest BCUT2D eigenvalue weighted by Gasteiger charge is -2.23. The van der Waals surface area contributed by atoms with Gasteiger partial charge in [0.15, 0.2) is 0 Å². The smallest absolute Gasteiger partial charge is 0.416 e. The fourth-order valence-corrected chi connectivity index (χ4v) is 3.67. The highest BCUT2D eigenvalue weighted by atomic mass is 32.2. The van der Waals surface area contributed by atoms with Gasteiger partial charge in [-0.25, -0.2) is 13.2 Å². The van der Waals surface area contributed by atoms with Crippen LogP contribution in [0.25, 0.3) is 0 Å². The highest BCUT2D eigenvalue weighted by molar-refractivity contribution is 7.92. The number of halogens is 3. The maximum atomic E-state index is 12.8. The van der Waals surface area contributed by atoms with Gasteiger partial charge in [0.05, 0.1) is 17.4 Å². The Kier molecular flexibility index (Phi) is 5.95. The summed E-state index contributed by atoms with van der Waals surface area (Å²) >= 11 is 0. The van der Waals surface area contributed by atoms with Crippen molar-refractivity contribution in [1.82, 2.24) is 0 Å². The number of esters is 1. The molecule has 31 heavy (non-hydrogen) atoms. The third-order valence-corrected chi connectivity index (χ3v) is 5.29. The number of ether oxygens (including phenoxy) is 1. The van der Waals surface area contributed by atoms with Crippen LogP contribution >= 0.6 is 0 Å². The molecule has 0 amide bonds. The Morgan fingerprint density at radius 1 is 1.10 bits per heavy atom. The summed E-state index contributed by atoms with van der Waals surface area (Å²) in [4.78, 5) is 16.9. The van der Waals surface area contributed by atoms with Gasteiger partial charge in [0.25, 0.3) is 0 Å². The number of rotatable bonds is 6. The van der Waals surface area contributed by atoms with Crippen LogP contribution in [-0.4, -0.2) is 26.9 Å². The zero-order valence-corrected chi connectivity index (χ0v) is 17.4. The van der Waals surface area contributed by atoms with Gasteiger partial charge in [0.2, 0.25) is 10.0 Å². The summed E-state index contributed by atoms with van der Waals surface area (Å²) in [5.74, 6) is -0.489. The third-order valence-electron chi connectivity index (χ3n) is 4.68. The van der Waals surface area contributed by atoms with Crippen molar-refractivity contribution in [2.45, 2.75) is 25.1 Å². The largest absolute Gasteiger partial charge is 0.423 e. The van der Waals surface area contributed by atoms with Crippen LogP contribution in [0.1, 0.15) is 24.5 Å². The minimum absolute atomic E-state index is 0.167. The molecule has 0 radical (unpaired) electrons. The summed E-state index contributed by atoms with van der Waals surface area (Å²) in [6.45, 7) is 1.81. The lowest BCUT2D eigenvalue weighted by Crippen LogP contribution is -2.19. The summed E-state index contributed by atoms with van der Waals surface area (Å²) in [5, 5.41) is 0. The van der Waals surface area contributed by atoms with Crippen LogP contribution in [0.4, 0.5) is 18.9 Å². The number of aliphatic imine (C=N–C) groups is 1. The van der Waals surface area contributed by atoms with Gasteiger partial charge in [0.1, 0.15) is 11.3 Å². The Labute approximate surface area is 177 Å². The number of nitrogens with zero attached hydrogens (tertiary/aromatic N) is 1. The van der Waals surface area contributed by atoms with Gasteiger partial charge in [-0.1, -0.05) is 19.1 Å². The summed E-state index contributed by atoms with van der Waals surface area (Å²) in [7, 11) is -3.43. The standard InChI is InChI=1S/C21H19F3N2O4S/c1-3-20(15-4-6-16(7-5-15)21(22,23)24)12-14(13-25-20)19(27)30-18-10-8-17(9-11-18)26-31(2,28)29/h4-13,26H,3H2,1-2H3. The molecular weight excluding hydrogens is 433 g/mol. The number of hydrogen-bond acceptors (Lipinski definition) is 5. The monoisotopic (exact) mass is 452 g/mol. The molecule has 1 N–H and O–H groups in total. The second kappa shape index (κ2) is 8.18. The van der Waals surface area contributed by atoms with E-state index in [0.717, 1.165) is 18.4 Å². The van der Waals surface area contributed by atoms with Crippen molar-refractivity contribution in [2.75, 3.05) is 11.0 Å². The molecule has 0 fully saturated rings. The average Bonchev–Trinajstić information content (AvgIpc) is 3.14. The molecule has 3 rings (SSSR count). The number of nitrogens with one attached hydrogen (secondary N) is 1. The zero-order chi connectivity index (χ0) is 22.9. The van der Waals surface area contributed by atoms with Crippen molar-refractivity contribution >= 4 is 27.9 Å². The number of hydrogen-bond donors (Lipinski definition) is 1. The normalized spacial score (nSPS) is 18.5. The maximum absolute atomic E-state index is 12.8.